The summed E-state index contributed by atoms with van der Waals surface area (Å²) in [5, 5.41) is 13.0. The van der Waals surface area contributed by atoms with Gasteiger partial charge in [-0.1, -0.05) is 60.1 Å². The van der Waals surface area contributed by atoms with Gasteiger partial charge in [-0.15, -0.1) is 11.3 Å². The molecule has 32 heavy (non-hydrogen) atoms. The van der Waals surface area contributed by atoms with Crippen molar-refractivity contribution in [3.63, 3.8) is 0 Å². The van der Waals surface area contributed by atoms with Crippen molar-refractivity contribution in [2.45, 2.75) is 6.61 Å². The summed E-state index contributed by atoms with van der Waals surface area (Å²) < 4.78 is 11.4. The summed E-state index contributed by atoms with van der Waals surface area (Å²) in [4.78, 5) is 4.63. The molecule has 0 N–H and O–H groups in total. The number of hydrogen-bond acceptors (Lipinski definition) is 5. The van der Waals surface area contributed by atoms with Crippen molar-refractivity contribution >= 4 is 34.6 Å². The number of halogens is 1. The van der Waals surface area contributed by atoms with Crippen molar-refractivity contribution in [1.82, 2.24) is 4.98 Å². The highest BCUT2D eigenvalue weighted by Gasteiger charge is 2.11. The molecular weight excluding hydrogens is 440 g/mol. The van der Waals surface area contributed by atoms with E-state index in [-0.39, 0.29) is 0 Å². The van der Waals surface area contributed by atoms with Crippen LogP contribution >= 0.6 is 22.9 Å². The van der Waals surface area contributed by atoms with Crippen LogP contribution in [0.15, 0.2) is 78.2 Å². The summed E-state index contributed by atoms with van der Waals surface area (Å²) in [6.45, 7) is 0.447. The van der Waals surface area contributed by atoms with E-state index in [1.807, 2.05) is 78.2 Å². The summed E-state index contributed by atoms with van der Waals surface area (Å²) in [5.41, 5.74) is 4.15. The number of rotatable bonds is 7. The Bertz CT molecular complexity index is 1280. The van der Waals surface area contributed by atoms with Crippen molar-refractivity contribution in [3.8, 4) is 28.8 Å². The monoisotopic (exact) mass is 458 g/mol. The molecule has 1 aromatic heterocycles. The third-order valence-electron chi connectivity index (χ3n) is 4.73. The zero-order valence-corrected chi connectivity index (χ0v) is 18.9. The number of nitrogens with zero attached hydrogens (tertiary/aromatic N) is 2. The number of ether oxygens (including phenoxy) is 2. The van der Waals surface area contributed by atoms with Gasteiger partial charge < -0.3 is 9.47 Å². The van der Waals surface area contributed by atoms with Crippen LogP contribution in [0, 0.1) is 11.3 Å². The Labute approximate surface area is 196 Å². The minimum atomic E-state index is 0.447. The zero-order chi connectivity index (χ0) is 22.3. The lowest BCUT2D eigenvalue weighted by Gasteiger charge is -2.11. The van der Waals surface area contributed by atoms with Gasteiger partial charge in [0.2, 0.25) is 0 Å². The third-order valence-corrected chi connectivity index (χ3v) is 5.86. The van der Waals surface area contributed by atoms with Gasteiger partial charge in [0.25, 0.3) is 0 Å². The second-order valence-corrected chi connectivity index (χ2v) is 8.19. The average Bonchev–Trinajstić information content (AvgIpc) is 3.32. The zero-order valence-electron chi connectivity index (χ0n) is 17.3. The summed E-state index contributed by atoms with van der Waals surface area (Å²) in [5.74, 6) is 1.25. The second-order valence-electron chi connectivity index (χ2n) is 6.90. The van der Waals surface area contributed by atoms with Gasteiger partial charge in [0.05, 0.1) is 18.4 Å². The summed E-state index contributed by atoms with van der Waals surface area (Å²) >= 11 is 7.39. The maximum absolute atomic E-state index is 9.72. The van der Waals surface area contributed by atoms with Gasteiger partial charge in [0.1, 0.15) is 17.7 Å². The Morgan fingerprint density at radius 3 is 2.56 bits per heavy atom. The Morgan fingerprint density at radius 2 is 1.84 bits per heavy atom. The van der Waals surface area contributed by atoms with Crippen LogP contribution < -0.4 is 9.47 Å². The van der Waals surface area contributed by atoms with E-state index in [4.69, 9.17) is 21.1 Å². The van der Waals surface area contributed by atoms with Gasteiger partial charge in [-0.2, -0.15) is 5.26 Å². The third kappa shape index (κ3) is 5.17. The molecule has 0 saturated carbocycles. The van der Waals surface area contributed by atoms with Gasteiger partial charge in [-0.3, -0.25) is 0 Å². The molecular formula is C26H19ClN2O2S. The summed E-state index contributed by atoms with van der Waals surface area (Å²) in [7, 11) is 1.60. The highest BCUT2D eigenvalue weighted by molar-refractivity contribution is 7.11. The Balaban J connectivity index is 1.55. The number of benzene rings is 3. The lowest BCUT2D eigenvalue weighted by atomic mass is 10.1. The number of thiazole rings is 1. The van der Waals surface area contributed by atoms with Crippen molar-refractivity contribution in [3.05, 3.63) is 99.3 Å². The summed E-state index contributed by atoms with van der Waals surface area (Å²) in [6.07, 6.45) is 1.80. The van der Waals surface area contributed by atoms with Crippen molar-refractivity contribution < 1.29 is 9.47 Å². The van der Waals surface area contributed by atoms with Gasteiger partial charge in [0.15, 0.2) is 11.5 Å². The molecule has 3 aromatic carbocycles. The minimum absolute atomic E-state index is 0.447. The predicted octanol–water partition coefficient (Wildman–Crippen LogP) is 7.12. The first-order valence-corrected chi connectivity index (χ1v) is 11.1. The maximum atomic E-state index is 9.72. The lowest BCUT2D eigenvalue weighted by Crippen LogP contribution is -1.97. The van der Waals surface area contributed by atoms with E-state index in [1.54, 1.807) is 13.2 Å². The molecule has 0 bridgehead atoms. The number of methoxy groups -OCH3 is 1. The maximum Gasteiger partial charge on any atom is 0.161 e. The standard InChI is InChI=1S/C26H19ClN2O2S/c1-30-25-14-19(7-12-24(25)31-16-18-5-3-2-4-6-18)13-21(15-28)26-29-23(17-32-26)20-8-10-22(27)11-9-20/h2-14,17H,16H2,1H3/b21-13+. The molecule has 0 aliphatic heterocycles. The smallest absolute Gasteiger partial charge is 0.161 e. The van der Waals surface area contributed by atoms with Crippen LogP contribution in [0.1, 0.15) is 16.1 Å². The van der Waals surface area contributed by atoms with Crippen LogP contribution in [-0.2, 0) is 6.61 Å². The first kappa shape index (κ1) is 21.6. The Kier molecular flexibility index (Phi) is 6.86. The fraction of sp³-hybridized carbons (Fsp3) is 0.0769. The molecule has 0 fully saturated rings. The van der Waals surface area contributed by atoms with Gasteiger partial charge in [-0.05, 0) is 41.5 Å². The molecule has 1 heterocycles. The highest BCUT2D eigenvalue weighted by atomic mass is 35.5. The molecule has 0 aliphatic rings. The van der Waals surface area contributed by atoms with Crippen molar-refractivity contribution in [2.75, 3.05) is 7.11 Å². The normalized spacial score (nSPS) is 11.1. The molecule has 0 unspecified atom stereocenters. The van der Waals surface area contributed by atoms with Gasteiger partial charge in [-0.25, -0.2) is 4.98 Å². The molecule has 0 atom stereocenters. The van der Waals surface area contributed by atoms with Crippen LogP contribution in [0.3, 0.4) is 0 Å². The van der Waals surface area contributed by atoms with Crippen LogP contribution in [-0.4, -0.2) is 12.1 Å². The topological polar surface area (TPSA) is 55.1 Å². The van der Waals surface area contributed by atoms with Crippen molar-refractivity contribution in [2.24, 2.45) is 0 Å². The van der Waals surface area contributed by atoms with Gasteiger partial charge in [0, 0.05) is 16.0 Å². The Hall–Kier alpha value is -3.59. The van der Waals surface area contributed by atoms with E-state index < -0.39 is 0 Å². The number of nitriles is 1. The molecule has 0 radical (unpaired) electrons. The van der Waals surface area contributed by atoms with E-state index in [0.29, 0.717) is 33.7 Å². The number of allylic oxidation sites excluding steroid dienone is 1. The molecule has 0 spiro atoms. The van der Waals surface area contributed by atoms with Crippen LogP contribution in [0.5, 0.6) is 11.5 Å². The van der Waals surface area contributed by atoms with Crippen LogP contribution in [0.25, 0.3) is 22.9 Å². The quantitative estimate of drug-likeness (QED) is 0.277. The first-order chi connectivity index (χ1) is 15.7. The minimum Gasteiger partial charge on any atom is -0.493 e. The predicted molar refractivity (Wildman–Crippen MR) is 130 cm³/mol. The van der Waals surface area contributed by atoms with Crippen LogP contribution in [0.2, 0.25) is 5.02 Å². The lowest BCUT2D eigenvalue weighted by molar-refractivity contribution is 0.284. The number of hydrogen-bond donors (Lipinski definition) is 0. The molecule has 0 amide bonds. The Morgan fingerprint density at radius 1 is 1.06 bits per heavy atom. The fourth-order valence-electron chi connectivity index (χ4n) is 3.09. The molecule has 6 heteroatoms. The molecule has 4 aromatic rings. The van der Waals surface area contributed by atoms with E-state index in [1.165, 1.54) is 11.3 Å². The number of aromatic nitrogens is 1. The summed E-state index contributed by atoms with van der Waals surface area (Å²) in [6, 6.07) is 25.3. The largest absolute Gasteiger partial charge is 0.493 e. The van der Waals surface area contributed by atoms with E-state index in [0.717, 1.165) is 22.4 Å². The molecule has 4 rings (SSSR count). The van der Waals surface area contributed by atoms with Gasteiger partial charge >= 0.3 is 0 Å². The first-order valence-electron chi connectivity index (χ1n) is 9.84. The fourth-order valence-corrected chi connectivity index (χ4v) is 4.01. The van der Waals surface area contributed by atoms with E-state index in [9.17, 15) is 5.26 Å². The van der Waals surface area contributed by atoms with E-state index >= 15 is 0 Å². The van der Waals surface area contributed by atoms with Crippen molar-refractivity contribution in [1.29, 1.82) is 5.26 Å². The molecule has 0 saturated heterocycles. The average molecular weight is 459 g/mol. The SMILES string of the molecule is COc1cc(/C=C(\C#N)c2nc(-c3ccc(Cl)cc3)cs2)ccc1OCc1ccccc1. The molecule has 158 valence electrons. The van der Waals surface area contributed by atoms with Crippen LogP contribution in [0.4, 0.5) is 0 Å². The highest BCUT2D eigenvalue weighted by Crippen LogP contribution is 2.32. The molecule has 4 nitrogen and oxygen atoms in total. The second kappa shape index (κ2) is 10.1. The van der Waals surface area contributed by atoms with E-state index in [2.05, 4.69) is 11.1 Å². The molecule has 0 aliphatic carbocycles.